The van der Waals surface area contributed by atoms with Gasteiger partial charge in [-0.15, -0.1) is 0 Å². The van der Waals surface area contributed by atoms with Gasteiger partial charge >= 0.3 is 0 Å². The van der Waals surface area contributed by atoms with E-state index in [0.717, 1.165) is 21.2 Å². The first-order chi connectivity index (χ1) is 13.3. The van der Waals surface area contributed by atoms with Gasteiger partial charge in [-0.1, -0.05) is 53.3 Å². The highest BCUT2D eigenvalue weighted by atomic mass is 35.5. The molecule has 0 aliphatic rings. The number of aryl methyl sites for hydroxylation is 2. The molecule has 0 saturated carbocycles. The third-order valence-electron chi connectivity index (χ3n) is 4.30. The molecule has 2 heterocycles. The molecular weight excluding hydrogens is 416 g/mol. The minimum absolute atomic E-state index is 0.0684. The van der Waals surface area contributed by atoms with Gasteiger partial charge in [-0.05, 0) is 37.6 Å². The molecule has 28 heavy (non-hydrogen) atoms. The monoisotopic (exact) mass is 432 g/mol. The Balaban J connectivity index is 1.73. The molecule has 0 amide bonds. The van der Waals surface area contributed by atoms with Crippen molar-refractivity contribution in [2.24, 2.45) is 0 Å². The minimum Gasteiger partial charge on any atom is -0.217 e. The number of imidazole rings is 1. The van der Waals surface area contributed by atoms with E-state index in [1.165, 1.54) is 17.4 Å². The van der Waals surface area contributed by atoms with Crippen LogP contribution in [0.2, 0.25) is 5.02 Å². The van der Waals surface area contributed by atoms with E-state index in [2.05, 4.69) is 14.8 Å². The van der Waals surface area contributed by atoms with Gasteiger partial charge in [0.05, 0.1) is 22.8 Å². The van der Waals surface area contributed by atoms with E-state index in [0.29, 0.717) is 16.3 Å². The molecule has 1 N–H and O–H groups in total. The SMILES string of the molecule is Cc1nn2c(CNS(=O)(=O)c3ccc(Cl)cc3C)c(-c3ccccc3)nc2s1. The number of rotatable bonds is 5. The van der Waals surface area contributed by atoms with Crippen molar-refractivity contribution < 1.29 is 8.42 Å². The van der Waals surface area contributed by atoms with E-state index >= 15 is 0 Å². The van der Waals surface area contributed by atoms with Crippen LogP contribution < -0.4 is 4.72 Å². The van der Waals surface area contributed by atoms with Crippen molar-refractivity contribution in [2.75, 3.05) is 0 Å². The molecule has 6 nitrogen and oxygen atoms in total. The first-order valence-electron chi connectivity index (χ1n) is 8.51. The van der Waals surface area contributed by atoms with Crippen LogP contribution in [0.4, 0.5) is 0 Å². The van der Waals surface area contributed by atoms with E-state index in [-0.39, 0.29) is 11.4 Å². The lowest BCUT2D eigenvalue weighted by Gasteiger charge is -2.10. The quantitative estimate of drug-likeness (QED) is 0.512. The lowest BCUT2D eigenvalue weighted by atomic mass is 10.1. The topological polar surface area (TPSA) is 76.4 Å². The molecule has 0 fully saturated rings. The fourth-order valence-corrected chi connectivity index (χ4v) is 5.23. The van der Waals surface area contributed by atoms with Crippen molar-refractivity contribution in [3.8, 4) is 11.3 Å². The number of hydrogen-bond acceptors (Lipinski definition) is 5. The highest BCUT2D eigenvalue weighted by Crippen LogP contribution is 2.27. The largest absolute Gasteiger partial charge is 0.241 e. The van der Waals surface area contributed by atoms with E-state index in [1.807, 2.05) is 37.3 Å². The third kappa shape index (κ3) is 3.56. The van der Waals surface area contributed by atoms with Crippen LogP contribution in [0.5, 0.6) is 0 Å². The molecule has 0 bridgehead atoms. The highest BCUT2D eigenvalue weighted by molar-refractivity contribution is 7.89. The Morgan fingerprint density at radius 3 is 2.61 bits per heavy atom. The Kier molecular flexibility index (Phi) is 4.96. The second-order valence-electron chi connectivity index (χ2n) is 6.32. The number of nitrogens with zero attached hydrogens (tertiary/aromatic N) is 3. The van der Waals surface area contributed by atoms with E-state index in [4.69, 9.17) is 11.6 Å². The predicted molar refractivity (Wildman–Crippen MR) is 111 cm³/mol. The summed E-state index contributed by atoms with van der Waals surface area (Å²) in [6.45, 7) is 3.68. The first-order valence-corrected chi connectivity index (χ1v) is 11.2. The molecule has 2 aromatic heterocycles. The minimum atomic E-state index is -3.72. The number of nitrogens with one attached hydrogen (secondary N) is 1. The fourth-order valence-electron chi connectivity index (χ4n) is 3.03. The summed E-state index contributed by atoms with van der Waals surface area (Å²) in [4.78, 5) is 5.61. The Labute approximate surface area is 171 Å². The third-order valence-corrected chi connectivity index (χ3v) is 6.92. The number of halogens is 1. The molecule has 9 heteroatoms. The van der Waals surface area contributed by atoms with E-state index in [1.54, 1.807) is 23.6 Å². The van der Waals surface area contributed by atoms with Gasteiger partial charge in [-0.3, -0.25) is 0 Å². The highest BCUT2D eigenvalue weighted by Gasteiger charge is 2.21. The van der Waals surface area contributed by atoms with Gasteiger partial charge in [0.1, 0.15) is 5.01 Å². The maximum atomic E-state index is 12.8. The molecular formula is C19H17ClN4O2S2. The first kappa shape index (κ1) is 19.1. The van der Waals surface area contributed by atoms with Crippen LogP contribution in [-0.4, -0.2) is 23.0 Å². The second-order valence-corrected chi connectivity index (χ2v) is 9.65. The van der Waals surface area contributed by atoms with Crippen molar-refractivity contribution in [2.45, 2.75) is 25.3 Å². The second kappa shape index (κ2) is 7.29. The maximum absolute atomic E-state index is 12.8. The van der Waals surface area contributed by atoms with Crippen molar-refractivity contribution >= 4 is 37.9 Å². The number of aromatic nitrogens is 3. The summed E-state index contributed by atoms with van der Waals surface area (Å²) in [5.74, 6) is 0. The van der Waals surface area contributed by atoms with Gasteiger partial charge in [-0.2, -0.15) is 5.10 Å². The van der Waals surface area contributed by atoms with Crippen LogP contribution in [0, 0.1) is 13.8 Å². The zero-order chi connectivity index (χ0) is 19.9. The molecule has 0 unspecified atom stereocenters. The Morgan fingerprint density at radius 1 is 1.14 bits per heavy atom. The molecule has 144 valence electrons. The predicted octanol–water partition coefficient (Wildman–Crippen LogP) is 4.21. The van der Waals surface area contributed by atoms with Crippen LogP contribution in [0.15, 0.2) is 53.4 Å². The molecule has 0 spiro atoms. The summed E-state index contributed by atoms with van der Waals surface area (Å²) in [5, 5.41) is 5.84. The molecule has 0 aliphatic carbocycles. The normalized spacial score (nSPS) is 12.0. The van der Waals surface area contributed by atoms with Gasteiger partial charge in [-0.25, -0.2) is 22.6 Å². The molecule has 0 atom stereocenters. The van der Waals surface area contributed by atoms with Crippen molar-refractivity contribution in [1.82, 2.24) is 19.3 Å². The molecule has 0 aliphatic heterocycles. The van der Waals surface area contributed by atoms with E-state index < -0.39 is 10.0 Å². The average molecular weight is 433 g/mol. The summed E-state index contributed by atoms with van der Waals surface area (Å²) in [5.41, 5.74) is 2.91. The number of sulfonamides is 1. The summed E-state index contributed by atoms with van der Waals surface area (Å²) < 4.78 is 30.1. The zero-order valence-electron chi connectivity index (χ0n) is 15.2. The van der Waals surface area contributed by atoms with E-state index in [9.17, 15) is 8.42 Å². The van der Waals surface area contributed by atoms with Crippen LogP contribution in [-0.2, 0) is 16.6 Å². The van der Waals surface area contributed by atoms with Gasteiger partial charge < -0.3 is 0 Å². The fraction of sp³-hybridized carbons (Fsp3) is 0.158. The van der Waals surface area contributed by atoms with Crippen molar-refractivity contribution in [3.05, 3.63) is 69.8 Å². The summed E-state index contributed by atoms with van der Waals surface area (Å²) in [6.07, 6.45) is 0. The molecule has 4 rings (SSSR count). The van der Waals surface area contributed by atoms with Crippen LogP contribution in [0.3, 0.4) is 0 Å². The standard InChI is InChI=1S/C19H17ClN4O2S2/c1-12-10-15(20)8-9-17(12)28(25,26)21-11-16-18(14-6-4-3-5-7-14)22-19-24(16)23-13(2)27-19/h3-10,21H,11H2,1-2H3. The lowest BCUT2D eigenvalue weighted by molar-refractivity contribution is 0.579. The summed E-state index contributed by atoms with van der Waals surface area (Å²) >= 11 is 7.41. The molecule has 0 radical (unpaired) electrons. The number of hydrogen-bond donors (Lipinski definition) is 1. The van der Waals surface area contributed by atoms with Gasteiger partial charge in [0.25, 0.3) is 0 Å². The van der Waals surface area contributed by atoms with Crippen LogP contribution in [0.1, 0.15) is 16.3 Å². The smallest absolute Gasteiger partial charge is 0.217 e. The van der Waals surface area contributed by atoms with Gasteiger partial charge in [0, 0.05) is 10.6 Å². The number of benzene rings is 2. The molecule has 4 aromatic rings. The average Bonchev–Trinajstić information content (AvgIpc) is 3.16. The molecule has 2 aromatic carbocycles. The van der Waals surface area contributed by atoms with Crippen molar-refractivity contribution in [3.63, 3.8) is 0 Å². The van der Waals surface area contributed by atoms with Crippen LogP contribution >= 0.6 is 22.9 Å². The summed E-state index contributed by atoms with van der Waals surface area (Å²) in [6, 6.07) is 14.4. The maximum Gasteiger partial charge on any atom is 0.241 e. The summed E-state index contributed by atoms with van der Waals surface area (Å²) in [7, 11) is -3.72. The number of fused-ring (bicyclic) bond motifs is 1. The molecule has 0 saturated heterocycles. The Bertz CT molecular complexity index is 1260. The van der Waals surface area contributed by atoms with Crippen molar-refractivity contribution in [1.29, 1.82) is 0 Å². The van der Waals surface area contributed by atoms with Crippen LogP contribution in [0.25, 0.3) is 16.2 Å². The Morgan fingerprint density at radius 2 is 1.89 bits per heavy atom. The zero-order valence-corrected chi connectivity index (χ0v) is 17.6. The van der Waals surface area contributed by atoms with Gasteiger partial charge in [0.2, 0.25) is 15.0 Å². The lowest BCUT2D eigenvalue weighted by Crippen LogP contribution is -2.25. The Hall–Kier alpha value is -2.26. The van der Waals surface area contributed by atoms with Gasteiger partial charge in [0.15, 0.2) is 0 Å².